The van der Waals surface area contributed by atoms with E-state index in [-0.39, 0.29) is 6.09 Å². The van der Waals surface area contributed by atoms with E-state index in [0.29, 0.717) is 6.04 Å². The molecular weight excluding hydrogens is 312 g/mol. The Hall–Kier alpha value is -1.71. The molecule has 4 nitrogen and oxygen atoms in total. The molecule has 0 aliphatic carbocycles. The van der Waals surface area contributed by atoms with Crippen molar-refractivity contribution in [1.82, 2.24) is 4.90 Å². The quantitative estimate of drug-likeness (QED) is 0.717. The minimum Gasteiger partial charge on any atom is -0.444 e. The highest BCUT2D eigenvalue weighted by atomic mass is 16.6. The zero-order valence-corrected chi connectivity index (χ0v) is 16.3. The van der Waals surface area contributed by atoms with E-state index in [9.17, 15) is 4.79 Å². The van der Waals surface area contributed by atoms with Gasteiger partial charge in [0.15, 0.2) is 0 Å². The molecule has 1 saturated heterocycles. The number of rotatable bonds is 6. The maximum atomic E-state index is 12.1. The molecule has 1 fully saturated rings. The van der Waals surface area contributed by atoms with E-state index in [1.807, 2.05) is 25.7 Å². The van der Waals surface area contributed by atoms with E-state index in [1.54, 1.807) is 0 Å². The van der Waals surface area contributed by atoms with Crippen LogP contribution in [-0.4, -0.2) is 35.7 Å². The number of carbonyl (C=O) groups is 1. The summed E-state index contributed by atoms with van der Waals surface area (Å²) in [6.45, 7) is 9.46. The molecule has 0 unspecified atom stereocenters. The number of carbonyl (C=O) groups excluding carboxylic acids is 1. The van der Waals surface area contributed by atoms with Crippen molar-refractivity contribution in [2.75, 3.05) is 18.4 Å². The van der Waals surface area contributed by atoms with Gasteiger partial charge in [-0.05, 0) is 64.2 Å². The topological polar surface area (TPSA) is 41.6 Å². The first-order chi connectivity index (χ1) is 11.9. The molecule has 4 heteroatoms. The van der Waals surface area contributed by atoms with Crippen molar-refractivity contribution in [3.63, 3.8) is 0 Å². The molecule has 25 heavy (non-hydrogen) atoms. The van der Waals surface area contributed by atoms with Gasteiger partial charge in [-0.1, -0.05) is 31.9 Å². The number of piperidine rings is 1. The van der Waals surface area contributed by atoms with Crippen LogP contribution < -0.4 is 5.32 Å². The summed E-state index contributed by atoms with van der Waals surface area (Å²) in [6, 6.07) is 9.25. The predicted molar refractivity (Wildman–Crippen MR) is 104 cm³/mol. The van der Waals surface area contributed by atoms with Gasteiger partial charge in [-0.3, -0.25) is 0 Å². The number of anilines is 1. The van der Waals surface area contributed by atoms with Gasteiger partial charge in [0.2, 0.25) is 0 Å². The summed E-state index contributed by atoms with van der Waals surface area (Å²) >= 11 is 0. The number of nitrogens with zero attached hydrogens (tertiary/aromatic N) is 1. The second-order valence-electron chi connectivity index (χ2n) is 8.04. The third-order valence-corrected chi connectivity index (χ3v) is 4.54. The zero-order chi connectivity index (χ0) is 18.3. The number of nitrogens with one attached hydrogen (secondary N) is 1. The van der Waals surface area contributed by atoms with Gasteiger partial charge in [0.25, 0.3) is 0 Å². The molecular formula is C21H34N2O2. The molecule has 1 aliphatic rings. The Morgan fingerprint density at radius 3 is 2.36 bits per heavy atom. The summed E-state index contributed by atoms with van der Waals surface area (Å²) in [7, 11) is 0. The Morgan fingerprint density at radius 2 is 1.80 bits per heavy atom. The lowest BCUT2D eigenvalue weighted by molar-refractivity contribution is 0.0210. The summed E-state index contributed by atoms with van der Waals surface area (Å²) in [5.74, 6) is 0. The van der Waals surface area contributed by atoms with Crippen LogP contribution >= 0.6 is 0 Å². The zero-order valence-electron chi connectivity index (χ0n) is 16.3. The third-order valence-electron chi connectivity index (χ3n) is 4.54. The first-order valence-electron chi connectivity index (χ1n) is 9.71. The van der Waals surface area contributed by atoms with Gasteiger partial charge in [-0.15, -0.1) is 0 Å². The van der Waals surface area contributed by atoms with Gasteiger partial charge in [-0.25, -0.2) is 4.79 Å². The van der Waals surface area contributed by atoms with Crippen molar-refractivity contribution in [3.05, 3.63) is 29.8 Å². The Morgan fingerprint density at radius 1 is 1.16 bits per heavy atom. The van der Waals surface area contributed by atoms with Crippen molar-refractivity contribution < 1.29 is 9.53 Å². The highest BCUT2D eigenvalue weighted by Crippen LogP contribution is 2.20. The van der Waals surface area contributed by atoms with Gasteiger partial charge in [-0.2, -0.15) is 0 Å². The van der Waals surface area contributed by atoms with Gasteiger partial charge in [0.05, 0.1) is 0 Å². The third kappa shape index (κ3) is 6.97. The van der Waals surface area contributed by atoms with Crippen LogP contribution in [0.4, 0.5) is 10.5 Å². The van der Waals surface area contributed by atoms with Crippen molar-refractivity contribution in [3.8, 4) is 0 Å². The number of hydrogen-bond acceptors (Lipinski definition) is 3. The number of ether oxygens (including phenoxy) is 1. The summed E-state index contributed by atoms with van der Waals surface area (Å²) in [5.41, 5.74) is 2.17. The van der Waals surface area contributed by atoms with E-state index < -0.39 is 5.60 Å². The monoisotopic (exact) mass is 346 g/mol. The minimum absolute atomic E-state index is 0.192. The van der Waals surface area contributed by atoms with Crippen LogP contribution in [0.2, 0.25) is 0 Å². The van der Waals surface area contributed by atoms with Crippen molar-refractivity contribution in [2.45, 2.75) is 77.9 Å². The average molecular weight is 347 g/mol. The lowest BCUT2D eigenvalue weighted by atomic mass is 10.0. The Kier molecular flexibility index (Phi) is 7.15. The van der Waals surface area contributed by atoms with Crippen molar-refractivity contribution in [2.24, 2.45) is 0 Å². The second-order valence-corrected chi connectivity index (χ2v) is 8.04. The van der Waals surface area contributed by atoms with E-state index in [4.69, 9.17) is 4.74 Å². The smallest absolute Gasteiger partial charge is 0.410 e. The summed E-state index contributed by atoms with van der Waals surface area (Å²) in [4.78, 5) is 13.9. The molecule has 0 spiro atoms. The van der Waals surface area contributed by atoms with Crippen LogP contribution in [0.1, 0.15) is 65.4 Å². The predicted octanol–water partition coefficient (Wildman–Crippen LogP) is 5.23. The fourth-order valence-corrected chi connectivity index (χ4v) is 3.12. The normalized spacial score (nSPS) is 15.9. The lowest BCUT2D eigenvalue weighted by Crippen LogP contribution is -2.44. The molecule has 0 radical (unpaired) electrons. The van der Waals surface area contributed by atoms with Gasteiger partial charge < -0.3 is 15.0 Å². The van der Waals surface area contributed by atoms with E-state index >= 15 is 0 Å². The number of unbranched alkanes of at least 4 members (excludes halogenated alkanes) is 2. The second kappa shape index (κ2) is 9.12. The summed E-state index contributed by atoms with van der Waals surface area (Å²) < 4.78 is 5.45. The standard InChI is InChI=1S/C21H34N2O2/c1-5-6-7-8-17-9-11-18(12-10-17)22-19-13-15-23(16-14-19)20(24)25-21(2,3)4/h9-12,19,22H,5-8,13-16H2,1-4H3. The molecule has 1 heterocycles. The van der Waals surface area contributed by atoms with E-state index in [1.165, 1.54) is 36.9 Å². The molecule has 2 rings (SSSR count). The SMILES string of the molecule is CCCCCc1ccc(NC2CCN(C(=O)OC(C)(C)C)CC2)cc1. The van der Waals surface area contributed by atoms with E-state index in [2.05, 4.69) is 36.5 Å². The summed E-state index contributed by atoms with van der Waals surface area (Å²) in [5, 5.41) is 3.60. The number of likely N-dealkylation sites (tertiary alicyclic amines) is 1. The number of aryl methyl sites for hydroxylation is 1. The average Bonchev–Trinajstić information content (AvgIpc) is 2.56. The van der Waals surface area contributed by atoms with Gasteiger partial charge in [0.1, 0.15) is 5.60 Å². The molecule has 1 N–H and O–H groups in total. The Bertz CT molecular complexity index is 526. The van der Waals surface area contributed by atoms with Crippen LogP contribution in [-0.2, 0) is 11.2 Å². The molecule has 140 valence electrons. The Balaban J connectivity index is 1.75. The van der Waals surface area contributed by atoms with Crippen LogP contribution in [0, 0.1) is 0 Å². The molecule has 1 aromatic carbocycles. The lowest BCUT2D eigenvalue weighted by Gasteiger charge is -2.34. The molecule has 0 aromatic heterocycles. The number of amides is 1. The minimum atomic E-state index is -0.426. The maximum Gasteiger partial charge on any atom is 0.410 e. The molecule has 0 bridgehead atoms. The van der Waals surface area contributed by atoms with Crippen molar-refractivity contribution >= 4 is 11.8 Å². The fraction of sp³-hybridized carbons (Fsp3) is 0.667. The first kappa shape index (κ1) is 19.6. The summed E-state index contributed by atoms with van der Waals surface area (Å²) in [6.07, 6.45) is 6.73. The van der Waals surface area contributed by atoms with Crippen LogP contribution in [0.3, 0.4) is 0 Å². The largest absolute Gasteiger partial charge is 0.444 e. The molecule has 0 atom stereocenters. The molecule has 1 aliphatic heterocycles. The van der Waals surface area contributed by atoms with Crippen molar-refractivity contribution in [1.29, 1.82) is 0 Å². The van der Waals surface area contributed by atoms with Gasteiger partial charge >= 0.3 is 6.09 Å². The maximum absolute atomic E-state index is 12.1. The van der Waals surface area contributed by atoms with E-state index in [0.717, 1.165) is 25.9 Å². The first-order valence-corrected chi connectivity index (χ1v) is 9.71. The van der Waals surface area contributed by atoms with Crippen LogP contribution in [0.25, 0.3) is 0 Å². The number of benzene rings is 1. The molecule has 1 aromatic rings. The van der Waals surface area contributed by atoms with Crippen LogP contribution in [0.5, 0.6) is 0 Å². The van der Waals surface area contributed by atoms with Crippen LogP contribution in [0.15, 0.2) is 24.3 Å². The number of hydrogen-bond donors (Lipinski definition) is 1. The Labute approximate surface area is 152 Å². The van der Waals surface area contributed by atoms with Gasteiger partial charge in [0, 0.05) is 24.8 Å². The fourth-order valence-electron chi connectivity index (χ4n) is 3.12. The highest BCUT2D eigenvalue weighted by Gasteiger charge is 2.26. The highest BCUT2D eigenvalue weighted by molar-refractivity contribution is 5.68. The molecule has 0 saturated carbocycles. The molecule has 1 amide bonds.